The third-order valence-electron chi connectivity index (χ3n) is 4.68. The molecule has 2 heterocycles. The Morgan fingerprint density at radius 1 is 0.909 bits per heavy atom. The first-order valence-corrected chi connectivity index (χ1v) is 10.8. The average Bonchev–Trinajstić information content (AvgIpc) is 2.97. The number of anilines is 4. The Kier molecular flexibility index (Phi) is 5.31. The van der Waals surface area contributed by atoms with Crippen molar-refractivity contribution in [3.8, 4) is 11.8 Å². The molecule has 1 aliphatic heterocycles. The van der Waals surface area contributed by atoms with Crippen LogP contribution in [0.4, 0.5) is 23.3 Å². The van der Waals surface area contributed by atoms with E-state index >= 15 is 0 Å². The number of rotatable bonds is 6. The highest BCUT2D eigenvalue weighted by molar-refractivity contribution is 7.85. The molecule has 0 fully saturated rings. The zero-order valence-corrected chi connectivity index (χ0v) is 17.7. The zero-order valence-electron chi connectivity index (χ0n) is 16.8. The number of nitrogens with one attached hydrogen (secondary N) is 2. The molecule has 14 heteroatoms. The summed E-state index contributed by atoms with van der Waals surface area (Å²) in [4.78, 5) is 36.6. The van der Waals surface area contributed by atoms with E-state index in [0.29, 0.717) is 5.69 Å². The Labute approximate surface area is 186 Å². The molecule has 0 atom stereocenters. The predicted molar refractivity (Wildman–Crippen MR) is 113 cm³/mol. The Balaban J connectivity index is 1.62. The van der Waals surface area contributed by atoms with Crippen molar-refractivity contribution in [3.63, 3.8) is 0 Å². The summed E-state index contributed by atoms with van der Waals surface area (Å²) in [6, 6.07) is 6.72. The molecule has 33 heavy (non-hydrogen) atoms. The number of phenolic OH excluding ortho intramolecular Hbond substituents is 1. The van der Waals surface area contributed by atoms with Gasteiger partial charge in [-0.3, -0.25) is 19.0 Å². The lowest BCUT2D eigenvalue weighted by atomic mass is 10.1. The van der Waals surface area contributed by atoms with Gasteiger partial charge in [0.15, 0.2) is 0 Å². The Morgan fingerprint density at radius 2 is 1.58 bits per heavy atom. The molecule has 2 amide bonds. The summed E-state index contributed by atoms with van der Waals surface area (Å²) in [6.07, 6.45) is 0. The van der Waals surface area contributed by atoms with E-state index in [1.165, 1.54) is 18.2 Å². The Morgan fingerprint density at radius 3 is 2.24 bits per heavy atom. The third kappa shape index (κ3) is 4.24. The van der Waals surface area contributed by atoms with Crippen molar-refractivity contribution < 1.29 is 32.8 Å². The SMILES string of the molecule is CCN1C(=O)c2ccc(Nc3nc(O)nc(Nc4cc(S(=O)(=O)O)ccc4O)n3)cc2C1=O. The number of amides is 2. The number of aromatic nitrogens is 3. The summed E-state index contributed by atoms with van der Waals surface area (Å²) in [5, 5.41) is 25.1. The summed E-state index contributed by atoms with van der Waals surface area (Å²) >= 11 is 0. The smallest absolute Gasteiger partial charge is 0.320 e. The fourth-order valence-corrected chi connectivity index (χ4v) is 3.66. The van der Waals surface area contributed by atoms with E-state index in [-0.39, 0.29) is 46.9 Å². The van der Waals surface area contributed by atoms with Gasteiger partial charge in [-0.25, -0.2) is 0 Å². The van der Waals surface area contributed by atoms with E-state index < -0.39 is 26.9 Å². The zero-order chi connectivity index (χ0) is 23.9. The van der Waals surface area contributed by atoms with Crippen molar-refractivity contribution in [1.29, 1.82) is 0 Å². The van der Waals surface area contributed by atoms with Crippen LogP contribution in [-0.2, 0) is 10.1 Å². The monoisotopic (exact) mass is 472 g/mol. The molecule has 3 aromatic rings. The van der Waals surface area contributed by atoms with Gasteiger partial charge < -0.3 is 20.8 Å². The molecule has 0 saturated heterocycles. The maximum atomic E-state index is 12.4. The fraction of sp³-hybridized carbons (Fsp3) is 0.105. The number of hydrogen-bond donors (Lipinski definition) is 5. The Bertz CT molecular complexity index is 1410. The van der Waals surface area contributed by atoms with Gasteiger partial charge in [-0.15, -0.1) is 0 Å². The quantitative estimate of drug-likeness (QED) is 0.198. The highest BCUT2D eigenvalue weighted by Crippen LogP contribution is 2.30. The van der Waals surface area contributed by atoms with Crippen molar-refractivity contribution >= 4 is 45.2 Å². The van der Waals surface area contributed by atoms with Crippen LogP contribution in [0.3, 0.4) is 0 Å². The van der Waals surface area contributed by atoms with Crippen LogP contribution < -0.4 is 10.6 Å². The maximum absolute atomic E-state index is 12.4. The molecule has 0 spiro atoms. The number of carbonyl (C=O) groups is 2. The van der Waals surface area contributed by atoms with Gasteiger partial charge in [-0.1, -0.05) is 0 Å². The van der Waals surface area contributed by atoms with Gasteiger partial charge in [0.05, 0.1) is 21.7 Å². The molecule has 170 valence electrons. The van der Waals surface area contributed by atoms with Crippen LogP contribution in [0.2, 0.25) is 0 Å². The second-order valence-electron chi connectivity index (χ2n) is 6.80. The second-order valence-corrected chi connectivity index (χ2v) is 8.22. The van der Waals surface area contributed by atoms with E-state index in [9.17, 15) is 32.8 Å². The molecule has 1 aromatic heterocycles. The number of imide groups is 1. The maximum Gasteiger partial charge on any atom is 0.320 e. The molecule has 2 aromatic carbocycles. The fourth-order valence-electron chi connectivity index (χ4n) is 3.16. The number of nitrogens with zero attached hydrogens (tertiary/aromatic N) is 4. The van der Waals surface area contributed by atoms with Crippen molar-refractivity contribution in [1.82, 2.24) is 19.9 Å². The van der Waals surface area contributed by atoms with Crippen LogP contribution in [0.1, 0.15) is 27.6 Å². The standard InChI is InChI=1S/C19H16N6O7S/c1-2-25-15(27)11-5-3-9(7-12(11)16(25)28)20-17-22-18(24-19(29)23-17)21-13-8-10(33(30,31)32)4-6-14(13)26/h3-8,26H,2H2,1H3,(H,30,31,32)(H3,20,21,22,23,24,29). The highest BCUT2D eigenvalue weighted by Gasteiger charge is 2.34. The molecule has 1 aliphatic rings. The van der Waals surface area contributed by atoms with Gasteiger partial charge in [0, 0.05) is 12.2 Å². The lowest BCUT2D eigenvalue weighted by molar-refractivity contribution is 0.0663. The first kappa shape index (κ1) is 21.9. The van der Waals surface area contributed by atoms with Crippen LogP contribution in [0, 0.1) is 0 Å². The minimum absolute atomic E-state index is 0.153. The lowest BCUT2D eigenvalue weighted by Gasteiger charge is -2.10. The van der Waals surface area contributed by atoms with Crippen molar-refractivity contribution in [2.24, 2.45) is 0 Å². The van der Waals surface area contributed by atoms with Crippen molar-refractivity contribution in [2.45, 2.75) is 11.8 Å². The number of fused-ring (bicyclic) bond motifs is 1. The van der Waals surface area contributed by atoms with Crippen LogP contribution in [-0.4, -0.2) is 61.4 Å². The molecule has 0 bridgehead atoms. The third-order valence-corrected chi connectivity index (χ3v) is 5.53. The summed E-state index contributed by atoms with van der Waals surface area (Å²) in [5.41, 5.74) is 0.654. The molecular formula is C19H16N6O7S. The summed E-state index contributed by atoms with van der Waals surface area (Å²) in [6.45, 7) is 1.92. The van der Waals surface area contributed by atoms with Crippen LogP contribution in [0.25, 0.3) is 0 Å². The molecule has 0 radical (unpaired) electrons. The molecule has 4 rings (SSSR count). The second kappa shape index (κ2) is 7.99. The number of aromatic hydroxyl groups is 2. The minimum Gasteiger partial charge on any atom is -0.506 e. The van der Waals surface area contributed by atoms with Crippen LogP contribution >= 0.6 is 0 Å². The van der Waals surface area contributed by atoms with E-state index in [2.05, 4.69) is 25.6 Å². The van der Waals surface area contributed by atoms with Crippen molar-refractivity contribution in [3.05, 3.63) is 47.5 Å². The first-order chi connectivity index (χ1) is 15.6. The summed E-state index contributed by atoms with van der Waals surface area (Å²) < 4.78 is 31.8. The van der Waals surface area contributed by atoms with Gasteiger partial charge >= 0.3 is 6.01 Å². The number of benzene rings is 2. The highest BCUT2D eigenvalue weighted by atomic mass is 32.2. The minimum atomic E-state index is -4.53. The van der Waals surface area contributed by atoms with Gasteiger partial charge in [-0.2, -0.15) is 23.4 Å². The first-order valence-electron chi connectivity index (χ1n) is 9.36. The van der Waals surface area contributed by atoms with E-state index in [1.54, 1.807) is 6.92 Å². The predicted octanol–water partition coefficient (Wildman–Crippen LogP) is 1.63. The molecule has 0 saturated carbocycles. The average molecular weight is 472 g/mol. The summed E-state index contributed by atoms with van der Waals surface area (Å²) in [7, 11) is -4.53. The Hall–Kier alpha value is -4.30. The van der Waals surface area contributed by atoms with Gasteiger partial charge in [-0.05, 0) is 43.3 Å². The number of carbonyl (C=O) groups excluding carboxylic acids is 2. The molecule has 0 unspecified atom stereocenters. The summed E-state index contributed by atoms with van der Waals surface area (Å²) in [5.74, 6) is -1.62. The molecule has 13 nitrogen and oxygen atoms in total. The number of hydrogen-bond acceptors (Lipinski definition) is 11. The van der Waals surface area contributed by atoms with E-state index in [4.69, 9.17) is 0 Å². The molecular weight excluding hydrogens is 456 g/mol. The number of phenols is 1. The van der Waals surface area contributed by atoms with E-state index in [0.717, 1.165) is 23.1 Å². The van der Waals surface area contributed by atoms with Crippen molar-refractivity contribution in [2.75, 3.05) is 17.2 Å². The normalized spacial score (nSPS) is 13.2. The van der Waals surface area contributed by atoms with Gasteiger partial charge in [0.2, 0.25) is 11.9 Å². The van der Waals surface area contributed by atoms with Gasteiger partial charge in [0.1, 0.15) is 5.75 Å². The lowest BCUT2D eigenvalue weighted by Crippen LogP contribution is -2.29. The van der Waals surface area contributed by atoms with Crippen LogP contribution in [0.15, 0.2) is 41.3 Å². The molecule has 0 aliphatic carbocycles. The van der Waals surface area contributed by atoms with Gasteiger partial charge in [0.25, 0.3) is 21.9 Å². The largest absolute Gasteiger partial charge is 0.506 e. The van der Waals surface area contributed by atoms with Crippen LogP contribution in [0.5, 0.6) is 11.8 Å². The topological polar surface area (TPSA) is 195 Å². The molecule has 5 N–H and O–H groups in total. The van der Waals surface area contributed by atoms with E-state index in [1.807, 2.05) is 0 Å².